The Morgan fingerprint density at radius 1 is 1.39 bits per heavy atom. The van der Waals surface area contributed by atoms with Crippen LogP contribution in [0.15, 0.2) is 29.2 Å². The van der Waals surface area contributed by atoms with Gasteiger partial charge in [0.1, 0.15) is 0 Å². The highest BCUT2D eigenvalue weighted by Gasteiger charge is 2.24. The lowest BCUT2D eigenvalue weighted by Crippen LogP contribution is -2.50. The van der Waals surface area contributed by atoms with E-state index in [1.807, 2.05) is 30.5 Å². The fraction of sp³-hybridized carbons (Fsp3) is 0.500. The summed E-state index contributed by atoms with van der Waals surface area (Å²) in [5.74, 6) is -0.0331. The fourth-order valence-corrected chi connectivity index (χ4v) is 3.26. The Morgan fingerprint density at radius 3 is 2.96 bits per heavy atom. The number of hydrogen-bond donors (Lipinski definition) is 3. The van der Waals surface area contributed by atoms with Gasteiger partial charge in [0, 0.05) is 23.2 Å². The molecule has 6 nitrogen and oxygen atoms in total. The number of benzene rings is 1. The molecule has 4 N–H and O–H groups in total. The van der Waals surface area contributed by atoms with Gasteiger partial charge >= 0.3 is 6.03 Å². The Labute approximate surface area is 141 Å². The van der Waals surface area contributed by atoms with Gasteiger partial charge in [0.2, 0.25) is 5.91 Å². The second-order valence-corrected chi connectivity index (χ2v) is 6.53. The standard InChI is InChI=1S/C16H24N4O2S/c1-23-14-7-4-5-12(9-14)19-15(21)11-20-8-3-2-6-13(20)10-18-16(17)22/h4-5,7,9,13H,2-3,6,8,10-11H2,1H3,(H,19,21)(H3,17,18,22). The van der Waals surface area contributed by atoms with E-state index in [2.05, 4.69) is 15.5 Å². The maximum Gasteiger partial charge on any atom is 0.312 e. The molecule has 1 aromatic carbocycles. The van der Waals surface area contributed by atoms with E-state index in [0.717, 1.165) is 36.4 Å². The molecule has 1 heterocycles. The number of carbonyl (C=O) groups excluding carboxylic acids is 2. The summed E-state index contributed by atoms with van der Waals surface area (Å²) in [7, 11) is 0. The van der Waals surface area contributed by atoms with Gasteiger partial charge in [-0.3, -0.25) is 9.69 Å². The van der Waals surface area contributed by atoms with Crippen molar-refractivity contribution >= 4 is 29.4 Å². The molecule has 0 spiro atoms. The van der Waals surface area contributed by atoms with Gasteiger partial charge in [-0.15, -0.1) is 11.8 Å². The molecule has 23 heavy (non-hydrogen) atoms. The van der Waals surface area contributed by atoms with E-state index in [4.69, 9.17) is 5.73 Å². The van der Waals surface area contributed by atoms with Crippen LogP contribution in [-0.4, -0.2) is 48.8 Å². The van der Waals surface area contributed by atoms with Crippen molar-refractivity contribution in [3.63, 3.8) is 0 Å². The summed E-state index contributed by atoms with van der Waals surface area (Å²) in [6.45, 7) is 1.68. The van der Waals surface area contributed by atoms with Gasteiger partial charge in [0.15, 0.2) is 0 Å². The number of primary amides is 1. The third-order valence-corrected chi connectivity index (χ3v) is 4.69. The number of rotatable bonds is 6. The molecular formula is C16H24N4O2S. The number of urea groups is 1. The van der Waals surface area contributed by atoms with Gasteiger partial charge in [-0.25, -0.2) is 4.79 Å². The molecule has 1 aromatic rings. The number of amides is 3. The summed E-state index contributed by atoms with van der Waals surface area (Å²) < 4.78 is 0. The van der Waals surface area contributed by atoms with Crippen molar-refractivity contribution in [2.24, 2.45) is 5.73 Å². The van der Waals surface area contributed by atoms with Crippen LogP contribution in [-0.2, 0) is 4.79 Å². The average Bonchev–Trinajstić information content (AvgIpc) is 2.54. The molecule has 0 saturated carbocycles. The van der Waals surface area contributed by atoms with Crippen molar-refractivity contribution in [2.75, 3.05) is 31.2 Å². The molecule has 1 unspecified atom stereocenters. The van der Waals surface area contributed by atoms with Gasteiger partial charge in [0.05, 0.1) is 6.54 Å². The monoisotopic (exact) mass is 336 g/mol. The van der Waals surface area contributed by atoms with Gasteiger partial charge in [0.25, 0.3) is 0 Å². The Bertz CT molecular complexity index is 553. The minimum atomic E-state index is -0.520. The van der Waals surface area contributed by atoms with Crippen LogP contribution in [0.4, 0.5) is 10.5 Å². The number of likely N-dealkylation sites (tertiary alicyclic amines) is 1. The summed E-state index contributed by atoms with van der Waals surface area (Å²) in [6.07, 6.45) is 5.15. The molecule has 0 radical (unpaired) electrons. The smallest absolute Gasteiger partial charge is 0.312 e. The van der Waals surface area contributed by atoms with Crippen LogP contribution in [0, 0.1) is 0 Å². The molecule has 1 aliphatic heterocycles. The number of nitrogens with one attached hydrogen (secondary N) is 2. The minimum Gasteiger partial charge on any atom is -0.352 e. The number of thioether (sulfide) groups is 1. The summed E-state index contributed by atoms with van der Waals surface area (Å²) >= 11 is 1.64. The van der Waals surface area contributed by atoms with Crippen LogP contribution >= 0.6 is 11.8 Å². The highest BCUT2D eigenvalue weighted by molar-refractivity contribution is 7.98. The Morgan fingerprint density at radius 2 is 2.22 bits per heavy atom. The number of hydrogen-bond acceptors (Lipinski definition) is 4. The number of anilines is 1. The van der Waals surface area contributed by atoms with Crippen LogP contribution in [0.3, 0.4) is 0 Å². The Balaban J connectivity index is 1.89. The van der Waals surface area contributed by atoms with Crippen molar-refractivity contribution < 1.29 is 9.59 Å². The molecule has 2 rings (SSSR count). The van der Waals surface area contributed by atoms with Gasteiger partial charge < -0.3 is 16.4 Å². The molecule has 3 amide bonds. The lowest BCUT2D eigenvalue weighted by molar-refractivity contribution is -0.118. The molecule has 1 aliphatic rings. The molecule has 0 bridgehead atoms. The maximum absolute atomic E-state index is 12.3. The molecule has 1 saturated heterocycles. The first kappa shape index (κ1) is 17.6. The SMILES string of the molecule is CSc1cccc(NC(=O)CN2CCCCC2CNC(N)=O)c1. The first-order valence-corrected chi connectivity index (χ1v) is 9.02. The van der Waals surface area contributed by atoms with Crippen molar-refractivity contribution in [3.05, 3.63) is 24.3 Å². The number of nitrogens with two attached hydrogens (primary N) is 1. The van der Waals surface area contributed by atoms with E-state index in [9.17, 15) is 9.59 Å². The highest BCUT2D eigenvalue weighted by Crippen LogP contribution is 2.20. The van der Waals surface area contributed by atoms with Crippen molar-refractivity contribution in [2.45, 2.75) is 30.2 Å². The first-order valence-electron chi connectivity index (χ1n) is 7.79. The topological polar surface area (TPSA) is 87.5 Å². The van der Waals surface area contributed by atoms with Crippen LogP contribution in [0.1, 0.15) is 19.3 Å². The highest BCUT2D eigenvalue weighted by atomic mass is 32.2. The minimum absolute atomic E-state index is 0.0331. The molecule has 126 valence electrons. The third kappa shape index (κ3) is 5.76. The second-order valence-electron chi connectivity index (χ2n) is 5.65. The molecule has 0 aromatic heterocycles. The molecular weight excluding hydrogens is 312 g/mol. The van der Waals surface area contributed by atoms with E-state index in [-0.39, 0.29) is 11.9 Å². The van der Waals surface area contributed by atoms with Crippen molar-refractivity contribution in [3.8, 4) is 0 Å². The Hall–Kier alpha value is -1.73. The normalized spacial score (nSPS) is 18.4. The predicted molar refractivity (Wildman–Crippen MR) is 93.7 cm³/mol. The lowest BCUT2D eigenvalue weighted by Gasteiger charge is -2.35. The summed E-state index contributed by atoms with van der Waals surface area (Å²) in [5, 5.41) is 5.59. The zero-order valence-corrected chi connectivity index (χ0v) is 14.2. The van der Waals surface area contributed by atoms with Crippen LogP contribution in [0.5, 0.6) is 0 Å². The van der Waals surface area contributed by atoms with E-state index in [1.165, 1.54) is 0 Å². The molecule has 1 atom stereocenters. The Kier molecular flexibility index (Phi) is 6.73. The predicted octanol–water partition coefficient (Wildman–Crippen LogP) is 1.87. The van der Waals surface area contributed by atoms with Crippen LogP contribution in [0.2, 0.25) is 0 Å². The van der Waals surface area contributed by atoms with Gasteiger partial charge in [-0.2, -0.15) is 0 Å². The number of carbonyl (C=O) groups is 2. The maximum atomic E-state index is 12.3. The largest absolute Gasteiger partial charge is 0.352 e. The second kappa shape index (κ2) is 8.79. The fourth-order valence-electron chi connectivity index (χ4n) is 2.80. The number of nitrogens with zero attached hydrogens (tertiary/aromatic N) is 1. The van der Waals surface area contributed by atoms with Gasteiger partial charge in [-0.05, 0) is 43.8 Å². The molecule has 7 heteroatoms. The molecule has 0 aliphatic carbocycles. The van der Waals surface area contributed by atoms with E-state index in [1.54, 1.807) is 11.8 Å². The summed E-state index contributed by atoms with van der Waals surface area (Å²) in [4.78, 5) is 26.4. The van der Waals surface area contributed by atoms with E-state index >= 15 is 0 Å². The van der Waals surface area contributed by atoms with E-state index in [0.29, 0.717) is 13.1 Å². The van der Waals surface area contributed by atoms with E-state index < -0.39 is 6.03 Å². The van der Waals surface area contributed by atoms with Crippen LogP contribution < -0.4 is 16.4 Å². The zero-order valence-electron chi connectivity index (χ0n) is 13.4. The van der Waals surface area contributed by atoms with Crippen molar-refractivity contribution in [1.29, 1.82) is 0 Å². The first-order chi connectivity index (χ1) is 11.1. The summed E-state index contributed by atoms with van der Waals surface area (Å²) in [5.41, 5.74) is 5.95. The molecule has 1 fully saturated rings. The van der Waals surface area contributed by atoms with Gasteiger partial charge in [-0.1, -0.05) is 12.5 Å². The third-order valence-electron chi connectivity index (χ3n) is 3.96. The quantitative estimate of drug-likeness (QED) is 0.692. The lowest BCUT2D eigenvalue weighted by atomic mass is 10.0. The summed E-state index contributed by atoms with van der Waals surface area (Å²) in [6, 6.07) is 7.44. The van der Waals surface area contributed by atoms with Crippen LogP contribution in [0.25, 0.3) is 0 Å². The van der Waals surface area contributed by atoms with Crippen molar-refractivity contribution in [1.82, 2.24) is 10.2 Å². The zero-order chi connectivity index (χ0) is 16.7. The average molecular weight is 336 g/mol. The number of piperidine rings is 1.